The van der Waals surface area contributed by atoms with Crippen molar-refractivity contribution in [2.75, 3.05) is 20.8 Å². The number of esters is 1. The molecule has 5 nitrogen and oxygen atoms in total. The predicted molar refractivity (Wildman–Crippen MR) is 88.8 cm³/mol. The molecular formula is C19H20O5. The summed E-state index contributed by atoms with van der Waals surface area (Å²) in [5.41, 5.74) is 2.69. The molecule has 1 aliphatic rings. The first-order valence-corrected chi connectivity index (χ1v) is 7.83. The van der Waals surface area contributed by atoms with E-state index in [1.807, 2.05) is 43.3 Å². The van der Waals surface area contributed by atoms with Crippen LogP contribution < -0.4 is 14.2 Å². The van der Waals surface area contributed by atoms with Crippen LogP contribution in [0.25, 0.3) is 0 Å². The van der Waals surface area contributed by atoms with Crippen molar-refractivity contribution in [2.45, 2.75) is 19.4 Å². The molecule has 0 unspecified atom stereocenters. The van der Waals surface area contributed by atoms with E-state index in [1.165, 1.54) is 0 Å². The lowest BCUT2D eigenvalue weighted by atomic mass is 9.92. The Morgan fingerprint density at radius 2 is 1.75 bits per heavy atom. The minimum atomic E-state index is -0.461. The molecule has 0 fully saturated rings. The van der Waals surface area contributed by atoms with Gasteiger partial charge in [0, 0.05) is 5.56 Å². The summed E-state index contributed by atoms with van der Waals surface area (Å²) in [6, 6.07) is 11.3. The minimum Gasteiger partial charge on any atom is -0.494 e. The fourth-order valence-corrected chi connectivity index (χ4v) is 2.88. The Morgan fingerprint density at radius 1 is 1.08 bits per heavy atom. The molecule has 2 aromatic carbocycles. The lowest BCUT2D eigenvalue weighted by Gasteiger charge is -2.27. The summed E-state index contributed by atoms with van der Waals surface area (Å²) in [6.07, 6.45) is -0.236. The standard InChI is InChI=1S/C19H20O5/c1-4-23-14-7-5-12(6-8-14)19-15-11-17(22-3)16(21-2)9-13(15)10-18(20)24-19/h5-9,11,19H,4,10H2,1-3H3/t19-/m1/s1. The molecule has 0 aliphatic carbocycles. The van der Waals surface area contributed by atoms with Crippen molar-refractivity contribution in [3.8, 4) is 17.2 Å². The summed E-state index contributed by atoms with van der Waals surface area (Å²) in [5.74, 6) is 1.76. The van der Waals surface area contributed by atoms with Crippen LogP contribution in [0.4, 0.5) is 0 Å². The average molecular weight is 328 g/mol. The summed E-state index contributed by atoms with van der Waals surface area (Å²) in [6.45, 7) is 2.55. The second kappa shape index (κ2) is 6.83. The van der Waals surface area contributed by atoms with Gasteiger partial charge in [-0.05, 0) is 42.3 Å². The van der Waals surface area contributed by atoms with Gasteiger partial charge in [0.25, 0.3) is 0 Å². The van der Waals surface area contributed by atoms with Crippen LogP contribution in [0, 0.1) is 0 Å². The van der Waals surface area contributed by atoms with Crippen LogP contribution in [0.1, 0.15) is 29.7 Å². The molecule has 2 aromatic rings. The Bertz CT molecular complexity index is 736. The highest BCUT2D eigenvalue weighted by atomic mass is 16.5. The van der Waals surface area contributed by atoms with Crippen LogP contribution in [0.3, 0.4) is 0 Å². The van der Waals surface area contributed by atoms with Gasteiger partial charge in [0.05, 0.1) is 27.2 Å². The van der Waals surface area contributed by atoms with Gasteiger partial charge in [0.15, 0.2) is 17.6 Å². The fraction of sp³-hybridized carbons (Fsp3) is 0.316. The number of fused-ring (bicyclic) bond motifs is 1. The summed E-state index contributed by atoms with van der Waals surface area (Å²) in [5, 5.41) is 0. The van der Waals surface area contributed by atoms with Crippen molar-refractivity contribution in [3.05, 3.63) is 53.1 Å². The number of hydrogen-bond acceptors (Lipinski definition) is 5. The number of methoxy groups -OCH3 is 2. The van der Waals surface area contributed by atoms with Gasteiger partial charge in [-0.1, -0.05) is 12.1 Å². The number of carbonyl (C=O) groups excluding carboxylic acids is 1. The van der Waals surface area contributed by atoms with Gasteiger partial charge in [0.2, 0.25) is 0 Å². The summed E-state index contributed by atoms with van der Waals surface area (Å²) in [4.78, 5) is 12.0. The molecule has 0 spiro atoms. The Balaban J connectivity index is 2.02. The van der Waals surface area contributed by atoms with E-state index in [0.29, 0.717) is 18.1 Å². The van der Waals surface area contributed by atoms with Crippen molar-refractivity contribution < 1.29 is 23.7 Å². The zero-order valence-corrected chi connectivity index (χ0v) is 14.0. The maximum absolute atomic E-state index is 12.0. The number of hydrogen-bond donors (Lipinski definition) is 0. The highest BCUT2D eigenvalue weighted by molar-refractivity contribution is 5.77. The fourth-order valence-electron chi connectivity index (χ4n) is 2.88. The number of carbonyl (C=O) groups is 1. The van der Waals surface area contributed by atoms with Gasteiger partial charge in [-0.3, -0.25) is 4.79 Å². The van der Waals surface area contributed by atoms with E-state index < -0.39 is 6.10 Å². The molecule has 0 amide bonds. The summed E-state index contributed by atoms with van der Waals surface area (Å²) in [7, 11) is 3.17. The predicted octanol–water partition coefficient (Wildman–Crippen LogP) is 3.29. The average Bonchev–Trinajstić information content (AvgIpc) is 2.60. The third kappa shape index (κ3) is 3.02. The van der Waals surface area contributed by atoms with E-state index in [9.17, 15) is 4.79 Å². The van der Waals surface area contributed by atoms with Crippen molar-refractivity contribution >= 4 is 5.97 Å². The molecule has 0 aromatic heterocycles. The molecule has 1 atom stereocenters. The van der Waals surface area contributed by atoms with Crippen LogP contribution in [0.5, 0.6) is 17.2 Å². The van der Waals surface area contributed by atoms with E-state index >= 15 is 0 Å². The molecule has 0 saturated carbocycles. The van der Waals surface area contributed by atoms with Gasteiger partial charge in [-0.15, -0.1) is 0 Å². The lowest BCUT2D eigenvalue weighted by Crippen LogP contribution is -2.22. The molecule has 3 rings (SSSR count). The van der Waals surface area contributed by atoms with E-state index in [4.69, 9.17) is 18.9 Å². The molecule has 0 bridgehead atoms. The molecule has 0 N–H and O–H groups in total. The second-order valence-corrected chi connectivity index (χ2v) is 5.45. The van der Waals surface area contributed by atoms with Gasteiger partial charge < -0.3 is 18.9 Å². The Labute approximate surface area is 141 Å². The Morgan fingerprint density at radius 3 is 2.38 bits per heavy atom. The number of rotatable bonds is 5. The molecule has 126 valence electrons. The second-order valence-electron chi connectivity index (χ2n) is 5.45. The summed E-state index contributed by atoms with van der Waals surface area (Å²) >= 11 is 0. The Hall–Kier alpha value is -2.69. The lowest BCUT2D eigenvalue weighted by molar-refractivity contribution is -0.148. The van der Waals surface area contributed by atoms with Crippen LogP contribution in [0.2, 0.25) is 0 Å². The molecule has 1 heterocycles. The van der Waals surface area contributed by atoms with Gasteiger partial charge in [-0.2, -0.15) is 0 Å². The van der Waals surface area contributed by atoms with Crippen LogP contribution in [-0.2, 0) is 16.0 Å². The van der Waals surface area contributed by atoms with Crippen LogP contribution >= 0.6 is 0 Å². The maximum Gasteiger partial charge on any atom is 0.311 e. The Kier molecular flexibility index (Phi) is 4.60. The molecule has 0 radical (unpaired) electrons. The molecule has 0 saturated heterocycles. The molecule has 1 aliphatic heterocycles. The number of ether oxygens (including phenoxy) is 4. The van der Waals surface area contributed by atoms with Crippen molar-refractivity contribution in [1.82, 2.24) is 0 Å². The highest BCUT2D eigenvalue weighted by Gasteiger charge is 2.29. The largest absolute Gasteiger partial charge is 0.494 e. The van der Waals surface area contributed by atoms with Gasteiger partial charge in [0.1, 0.15) is 5.75 Å². The third-order valence-electron chi connectivity index (χ3n) is 4.01. The minimum absolute atomic E-state index is 0.225. The van der Waals surface area contributed by atoms with Crippen LogP contribution in [-0.4, -0.2) is 26.8 Å². The first kappa shape index (κ1) is 16.2. The third-order valence-corrected chi connectivity index (χ3v) is 4.01. The van der Waals surface area contributed by atoms with E-state index in [2.05, 4.69) is 0 Å². The first-order valence-electron chi connectivity index (χ1n) is 7.83. The number of benzene rings is 2. The molecule has 24 heavy (non-hydrogen) atoms. The highest BCUT2D eigenvalue weighted by Crippen LogP contribution is 2.40. The topological polar surface area (TPSA) is 54.0 Å². The smallest absolute Gasteiger partial charge is 0.311 e. The normalized spacial score (nSPS) is 16.1. The van der Waals surface area contributed by atoms with Gasteiger partial charge in [-0.25, -0.2) is 0 Å². The van der Waals surface area contributed by atoms with E-state index in [1.54, 1.807) is 14.2 Å². The SMILES string of the molecule is CCOc1ccc([C@H]2OC(=O)Cc3cc(OC)c(OC)cc32)cc1. The first-order chi connectivity index (χ1) is 11.7. The van der Waals surface area contributed by atoms with Crippen molar-refractivity contribution in [2.24, 2.45) is 0 Å². The molecule has 5 heteroatoms. The zero-order valence-electron chi connectivity index (χ0n) is 14.0. The monoisotopic (exact) mass is 328 g/mol. The maximum atomic E-state index is 12.0. The number of cyclic esters (lactones) is 1. The van der Waals surface area contributed by atoms with E-state index in [0.717, 1.165) is 22.4 Å². The van der Waals surface area contributed by atoms with E-state index in [-0.39, 0.29) is 12.4 Å². The van der Waals surface area contributed by atoms with Crippen molar-refractivity contribution in [1.29, 1.82) is 0 Å². The zero-order chi connectivity index (χ0) is 17.1. The quantitative estimate of drug-likeness (QED) is 0.788. The van der Waals surface area contributed by atoms with Gasteiger partial charge >= 0.3 is 5.97 Å². The van der Waals surface area contributed by atoms with Crippen LogP contribution in [0.15, 0.2) is 36.4 Å². The van der Waals surface area contributed by atoms with Crippen molar-refractivity contribution in [3.63, 3.8) is 0 Å². The summed E-state index contributed by atoms with van der Waals surface area (Å²) < 4.78 is 21.8. The molecular weight excluding hydrogens is 308 g/mol.